The van der Waals surface area contributed by atoms with Crippen LogP contribution in [0.4, 0.5) is 0 Å². The average Bonchev–Trinajstić information content (AvgIpc) is 3.02. The van der Waals surface area contributed by atoms with E-state index >= 15 is 0 Å². The number of phenolic OH excluding ortho intramolecular Hbond substituents is 1. The summed E-state index contributed by atoms with van der Waals surface area (Å²) >= 11 is 0. The zero-order valence-electron chi connectivity index (χ0n) is 22.0. The lowest BCUT2D eigenvalue weighted by Crippen LogP contribution is -2.39. The van der Waals surface area contributed by atoms with Crippen LogP contribution in [0.1, 0.15) is 62.5 Å². The van der Waals surface area contributed by atoms with Crippen molar-refractivity contribution in [2.75, 3.05) is 19.8 Å². The van der Waals surface area contributed by atoms with Crippen molar-refractivity contribution in [1.29, 1.82) is 0 Å². The largest absolute Gasteiger partial charge is 0.507 e. The van der Waals surface area contributed by atoms with E-state index in [1.165, 1.54) is 0 Å². The van der Waals surface area contributed by atoms with Crippen LogP contribution in [0.5, 0.6) is 17.2 Å². The molecular formula is C31H35NO5. The molecule has 0 radical (unpaired) electrons. The maximum Gasteiger partial charge on any atom is 0.142 e. The molecular weight excluding hydrogens is 466 g/mol. The number of hydrogen-bond donors (Lipinski definition) is 1. The summed E-state index contributed by atoms with van der Waals surface area (Å²) in [6.45, 7) is 10.8. The van der Waals surface area contributed by atoms with Crippen LogP contribution >= 0.6 is 0 Å². The van der Waals surface area contributed by atoms with E-state index in [0.29, 0.717) is 36.6 Å². The van der Waals surface area contributed by atoms with Crippen molar-refractivity contribution in [3.63, 3.8) is 0 Å². The third kappa shape index (κ3) is 5.16. The fourth-order valence-electron chi connectivity index (χ4n) is 5.48. The summed E-state index contributed by atoms with van der Waals surface area (Å²) in [6.07, 6.45) is 7.67. The Morgan fingerprint density at radius 1 is 1.11 bits per heavy atom. The molecule has 0 saturated heterocycles. The van der Waals surface area contributed by atoms with Crippen molar-refractivity contribution >= 4 is 17.4 Å². The van der Waals surface area contributed by atoms with Gasteiger partial charge in [0.05, 0.1) is 6.26 Å². The zero-order chi connectivity index (χ0) is 26.1. The number of fused-ring (bicyclic) bond motifs is 5. The van der Waals surface area contributed by atoms with Crippen LogP contribution in [0.15, 0.2) is 54.3 Å². The highest BCUT2D eigenvalue weighted by Gasteiger charge is 2.32. The highest BCUT2D eigenvalue weighted by molar-refractivity contribution is 5.98. The molecule has 6 heteroatoms. The Bertz CT molecular complexity index is 1260. The molecule has 1 aliphatic carbocycles. The number of benzene rings is 2. The molecule has 0 spiro atoms. The van der Waals surface area contributed by atoms with Crippen molar-refractivity contribution < 1.29 is 24.1 Å². The molecule has 3 aliphatic rings. The van der Waals surface area contributed by atoms with Crippen molar-refractivity contribution in [3.05, 3.63) is 76.6 Å². The third-order valence-electron chi connectivity index (χ3n) is 7.22. The number of Topliss-reactive ketones (excluding diaryl/α,β-unsaturated/α-hetero) is 1. The van der Waals surface area contributed by atoms with Crippen molar-refractivity contribution in [2.24, 2.45) is 0 Å². The summed E-state index contributed by atoms with van der Waals surface area (Å²) in [5, 5.41) is 10.9. The van der Waals surface area contributed by atoms with Gasteiger partial charge in [-0.2, -0.15) is 0 Å². The molecule has 0 bridgehead atoms. The Morgan fingerprint density at radius 3 is 2.59 bits per heavy atom. The first-order valence-electron chi connectivity index (χ1n) is 13.1. The van der Waals surface area contributed by atoms with Crippen LogP contribution in [0, 0.1) is 0 Å². The van der Waals surface area contributed by atoms with Crippen LogP contribution in [0.2, 0.25) is 0 Å². The molecule has 2 aromatic carbocycles. The molecule has 0 fully saturated rings. The molecule has 0 unspecified atom stereocenters. The summed E-state index contributed by atoms with van der Waals surface area (Å²) in [4.78, 5) is 15.3. The molecule has 0 saturated carbocycles. The molecule has 2 heterocycles. The van der Waals surface area contributed by atoms with Gasteiger partial charge in [0.2, 0.25) is 0 Å². The van der Waals surface area contributed by atoms with E-state index in [9.17, 15) is 9.90 Å². The number of hydrogen-bond acceptors (Lipinski definition) is 6. The van der Waals surface area contributed by atoms with E-state index in [2.05, 4.69) is 32.6 Å². The van der Waals surface area contributed by atoms with E-state index in [-0.39, 0.29) is 30.5 Å². The summed E-state index contributed by atoms with van der Waals surface area (Å²) in [5.74, 6) is 1.71. The number of phenols is 1. The van der Waals surface area contributed by atoms with Crippen molar-refractivity contribution in [2.45, 2.75) is 58.7 Å². The fraction of sp³-hybridized carbons (Fsp3) is 0.387. The minimum absolute atomic E-state index is 0.0862. The number of allylic oxidation sites excluding steroid dienone is 2. The van der Waals surface area contributed by atoms with Crippen LogP contribution in [-0.4, -0.2) is 47.6 Å². The Hall–Kier alpha value is -3.51. The zero-order valence-corrected chi connectivity index (χ0v) is 22.0. The maximum absolute atomic E-state index is 12.9. The molecule has 1 atom stereocenters. The second kappa shape index (κ2) is 10.5. The second-order valence-electron chi connectivity index (χ2n) is 10.4. The SMILES string of the molecule is CC(C)N(CCOc1ccc([C@H]2C=C3CC(=O)Cc4c5c(cc(O)c4C3=CO2)C=CCO5)cc1)C(C)C. The summed E-state index contributed by atoms with van der Waals surface area (Å²) in [6, 6.07) is 10.6. The van der Waals surface area contributed by atoms with Crippen LogP contribution in [0.3, 0.4) is 0 Å². The standard InChI is InChI=1S/C31H35NO5/c1-19(2)32(20(3)4)11-13-35-25-9-7-21(8-10-25)29-16-23-14-24(33)17-26-30(27(23)18-37-29)28(34)15-22-6-5-12-36-31(22)26/h5-10,15-16,18-20,29,34H,11-14,17H2,1-4H3/t29-/m1/s1. The monoisotopic (exact) mass is 501 g/mol. The predicted octanol–water partition coefficient (Wildman–Crippen LogP) is 5.85. The number of nitrogens with zero attached hydrogens (tertiary/aromatic N) is 1. The Balaban J connectivity index is 1.33. The third-order valence-corrected chi connectivity index (χ3v) is 7.22. The van der Waals surface area contributed by atoms with E-state index in [1.807, 2.05) is 42.5 Å². The smallest absolute Gasteiger partial charge is 0.142 e. The number of carbonyl (C=O) groups excluding carboxylic acids is 1. The van der Waals surface area contributed by atoms with Gasteiger partial charge in [-0.3, -0.25) is 9.69 Å². The molecule has 6 nitrogen and oxygen atoms in total. The molecule has 5 rings (SSSR count). The Morgan fingerprint density at radius 2 is 1.86 bits per heavy atom. The summed E-state index contributed by atoms with van der Waals surface area (Å²) in [5.41, 5.74) is 4.74. The lowest BCUT2D eigenvalue weighted by atomic mass is 9.90. The minimum Gasteiger partial charge on any atom is -0.507 e. The van der Waals surface area contributed by atoms with Crippen molar-refractivity contribution in [1.82, 2.24) is 4.90 Å². The number of ether oxygens (including phenoxy) is 3. The van der Waals surface area contributed by atoms with E-state index < -0.39 is 0 Å². The molecule has 2 aromatic rings. The first-order valence-corrected chi connectivity index (χ1v) is 13.1. The van der Waals surface area contributed by atoms with Gasteiger partial charge in [-0.15, -0.1) is 0 Å². The Labute approximate surface area is 218 Å². The highest BCUT2D eigenvalue weighted by atomic mass is 16.5. The molecule has 0 amide bonds. The number of rotatable bonds is 7. The minimum atomic E-state index is -0.321. The van der Waals surface area contributed by atoms with Crippen LogP contribution in [-0.2, 0) is 16.0 Å². The second-order valence-corrected chi connectivity index (χ2v) is 10.4. The summed E-state index contributed by atoms with van der Waals surface area (Å²) < 4.78 is 18.0. The van der Waals surface area contributed by atoms with Crippen LogP contribution < -0.4 is 9.47 Å². The molecule has 194 valence electrons. The average molecular weight is 502 g/mol. The van der Waals surface area contributed by atoms with E-state index in [4.69, 9.17) is 14.2 Å². The Kier molecular flexibility index (Phi) is 7.11. The van der Waals surface area contributed by atoms with Gasteiger partial charge in [0, 0.05) is 53.7 Å². The lowest BCUT2D eigenvalue weighted by Gasteiger charge is -2.30. The molecule has 0 aromatic heterocycles. The topological polar surface area (TPSA) is 68.2 Å². The van der Waals surface area contributed by atoms with Gasteiger partial charge in [0.15, 0.2) is 0 Å². The molecule has 1 N–H and O–H groups in total. The number of carbonyl (C=O) groups is 1. The number of ketones is 1. The summed E-state index contributed by atoms with van der Waals surface area (Å²) in [7, 11) is 0. The van der Waals surface area contributed by atoms with Gasteiger partial charge >= 0.3 is 0 Å². The molecule has 37 heavy (non-hydrogen) atoms. The van der Waals surface area contributed by atoms with Crippen LogP contribution in [0.25, 0.3) is 11.6 Å². The van der Waals surface area contributed by atoms with E-state index in [1.54, 1.807) is 12.3 Å². The van der Waals surface area contributed by atoms with E-state index in [0.717, 1.165) is 40.1 Å². The van der Waals surface area contributed by atoms with Crippen molar-refractivity contribution in [3.8, 4) is 17.2 Å². The van der Waals surface area contributed by atoms with Gasteiger partial charge in [-0.05, 0) is 69.2 Å². The quantitative estimate of drug-likeness (QED) is 0.513. The van der Waals surface area contributed by atoms with Gasteiger partial charge in [-0.25, -0.2) is 0 Å². The number of aromatic hydroxyl groups is 1. The normalized spacial score (nSPS) is 18.4. The van der Waals surface area contributed by atoms with Gasteiger partial charge in [0.1, 0.15) is 42.3 Å². The fourth-order valence-corrected chi connectivity index (χ4v) is 5.48. The lowest BCUT2D eigenvalue weighted by molar-refractivity contribution is -0.117. The predicted molar refractivity (Wildman–Crippen MR) is 145 cm³/mol. The van der Waals surface area contributed by atoms with Gasteiger partial charge < -0.3 is 19.3 Å². The van der Waals surface area contributed by atoms with Gasteiger partial charge in [-0.1, -0.05) is 18.2 Å². The highest BCUT2D eigenvalue weighted by Crippen LogP contribution is 2.47. The maximum atomic E-state index is 12.9. The first-order chi connectivity index (χ1) is 17.8. The van der Waals surface area contributed by atoms with Gasteiger partial charge in [0.25, 0.3) is 0 Å². The first kappa shape index (κ1) is 25.2. The molecule has 2 aliphatic heterocycles.